The number of likely N-dealkylation sites (tertiary alicyclic amines) is 1. The summed E-state index contributed by atoms with van der Waals surface area (Å²) in [5, 5.41) is 8.62. The van der Waals surface area contributed by atoms with Gasteiger partial charge in [-0.3, -0.25) is 14.5 Å². The van der Waals surface area contributed by atoms with E-state index in [-0.39, 0.29) is 12.5 Å². The number of aliphatic carboxylic acids is 1. The molecular weight excluding hydrogens is 160 g/mol. The zero-order valence-corrected chi connectivity index (χ0v) is 6.69. The van der Waals surface area contributed by atoms with Crippen molar-refractivity contribution in [3.8, 4) is 0 Å². The van der Waals surface area contributed by atoms with Gasteiger partial charge in [0.05, 0.1) is 12.5 Å². The lowest BCUT2D eigenvalue weighted by atomic mass is 10.1. The van der Waals surface area contributed by atoms with Crippen molar-refractivity contribution in [2.45, 2.75) is 6.42 Å². The van der Waals surface area contributed by atoms with E-state index in [1.807, 2.05) is 0 Å². The number of hydrogen-bond acceptors (Lipinski definition) is 3. The van der Waals surface area contributed by atoms with Gasteiger partial charge in [0, 0.05) is 6.54 Å². The number of rotatable bonds is 3. The minimum atomic E-state index is -0.790. The summed E-state index contributed by atoms with van der Waals surface area (Å²) in [4.78, 5) is 22.7. The maximum Gasteiger partial charge on any atom is 0.307 e. The standard InChI is InChI=1S/C7H12N2O3/c8-6(10)4-9-2-1-5(3-9)7(11)12/h5H,1-4H2,(H2,8,10)(H,11,12)/t5-/m0/s1. The van der Waals surface area contributed by atoms with Crippen LogP contribution < -0.4 is 5.73 Å². The number of hydrogen-bond donors (Lipinski definition) is 2. The van der Waals surface area contributed by atoms with Crippen molar-refractivity contribution in [1.29, 1.82) is 0 Å². The van der Waals surface area contributed by atoms with Crippen molar-refractivity contribution >= 4 is 11.9 Å². The smallest absolute Gasteiger partial charge is 0.307 e. The van der Waals surface area contributed by atoms with Crippen molar-refractivity contribution < 1.29 is 14.7 Å². The minimum absolute atomic E-state index is 0.170. The molecule has 1 amide bonds. The van der Waals surface area contributed by atoms with E-state index < -0.39 is 11.9 Å². The van der Waals surface area contributed by atoms with Crippen LogP contribution in [0.25, 0.3) is 0 Å². The third-order valence-corrected chi connectivity index (χ3v) is 2.00. The van der Waals surface area contributed by atoms with Crippen molar-refractivity contribution in [2.75, 3.05) is 19.6 Å². The van der Waals surface area contributed by atoms with Gasteiger partial charge < -0.3 is 10.8 Å². The van der Waals surface area contributed by atoms with Gasteiger partial charge in [0.25, 0.3) is 0 Å². The van der Waals surface area contributed by atoms with Crippen molar-refractivity contribution in [3.05, 3.63) is 0 Å². The topological polar surface area (TPSA) is 83.6 Å². The lowest BCUT2D eigenvalue weighted by molar-refractivity contribution is -0.141. The average Bonchev–Trinajstić information content (AvgIpc) is 2.34. The first-order valence-corrected chi connectivity index (χ1v) is 3.83. The molecule has 0 radical (unpaired) electrons. The van der Waals surface area contributed by atoms with Crippen LogP contribution in [0.2, 0.25) is 0 Å². The van der Waals surface area contributed by atoms with E-state index in [9.17, 15) is 9.59 Å². The highest BCUT2D eigenvalue weighted by Crippen LogP contribution is 2.15. The fourth-order valence-electron chi connectivity index (χ4n) is 1.40. The Morgan fingerprint density at radius 2 is 2.25 bits per heavy atom. The molecule has 0 spiro atoms. The molecule has 0 bridgehead atoms. The number of primary amides is 1. The van der Waals surface area contributed by atoms with Gasteiger partial charge in [0.1, 0.15) is 0 Å². The van der Waals surface area contributed by atoms with Crippen LogP contribution in [0.1, 0.15) is 6.42 Å². The van der Waals surface area contributed by atoms with Crippen LogP contribution >= 0.6 is 0 Å². The summed E-state index contributed by atoms with van der Waals surface area (Å²) in [7, 11) is 0. The van der Waals surface area contributed by atoms with Gasteiger partial charge in [-0.25, -0.2) is 0 Å². The number of carbonyl (C=O) groups is 2. The fourth-order valence-corrected chi connectivity index (χ4v) is 1.40. The lowest BCUT2D eigenvalue weighted by Gasteiger charge is -2.11. The Kier molecular flexibility index (Phi) is 2.65. The van der Waals surface area contributed by atoms with Crippen LogP contribution in [0.15, 0.2) is 0 Å². The van der Waals surface area contributed by atoms with Crippen LogP contribution in [0.3, 0.4) is 0 Å². The number of nitrogens with zero attached hydrogens (tertiary/aromatic N) is 1. The zero-order chi connectivity index (χ0) is 9.14. The van der Waals surface area contributed by atoms with E-state index in [4.69, 9.17) is 10.8 Å². The third-order valence-electron chi connectivity index (χ3n) is 2.00. The van der Waals surface area contributed by atoms with E-state index >= 15 is 0 Å². The monoisotopic (exact) mass is 172 g/mol. The minimum Gasteiger partial charge on any atom is -0.481 e. The maximum absolute atomic E-state index is 10.5. The van der Waals surface area contributed by atoms with Crippen LogP contribution in [-0.4, -0.2) is 41.5 Å². The SMILES string of the molecule is NC(=O)CN1CC[C@H](C(=O)O)C1. The van der Waals surface area contributed by atoms with Gasteiger partial charge in [-0.15, -0.1) is 0 Å². The van der Waals surface area contributed by atoms with Crippen LogP contribution in [0.5, 0.6) is 0 Å². The van der Waals surface area contributed by atoms with Gasteiger partial charge in [0.15, 0.2) is 0 Å². The predicted octanol–water partition coefficient (Wildman–Crippen LogP) is -1.12. The highest BCUT2D eigenvalue weighted by Gasteiger charge is 2.28. The molecule has 1 heterocycles. The molecule has 0 saturated carbocycles. The molecule has 3 N–H and O–H groups in total. The Hall–Kier alpha value is -1.10. The summed E-state index contributed by atoms with van der Waals surface area (Å²) >= 11 is 0. The molecule has 5 nitrogen and oxygen atoms in total. The molecular formula is C7H12N2O3. The highest BCUT2D eigenvalue weighted by molar-refractivity contribution is 5.76. The van der Waals surface area contributed by atoms with Gasteiger partial charge in [-0.05, 0) is 13.0 Å². The predicted molar refractivity (Wildman–Crippen MR) is 41.4 cm³/mol. The van der Waals surface area contributed by atoms with E-state index in [1.54, 1.807) is 4.90 Å². The molecule has 1 rings (SSSR count). The summed E-state index contributed by atoms with van der Waals surface area (Å²) < 4.78 is 0. The molecule has 5 heteroatoms. The molecule has 0 aromatic rings. The molecule has 1 saturated heterocycles. The lowest BCUT2D eigenvalue weighted by Crippen LogP contribution is -2.32. The summed E-state index contributed by atoms with van der Waals surface area (Å²) in [6.07, 6.45) is 0.614. The molecule has 1 aliphatic rings. The molecule has 0 aromatic heterocycles. The Bertz CT molecular complexity index is 205. The second-order valence-corrected chi connectivity index (χ2v) is 3.03. The van der Waals surface area contributed by atoms with Gasteiger partial charge >= 0.3 is 5.97 Å². The number of carboxylic acids is 1. The summed E-state index contributed by atoms with van der Waals surface area (Å²) in [6.45, 7) is 1.27. The molecule has 0 unspecified atom stereocenters. The Morgan fingerprint density at radius 3 is 2.67 bits per heavy atom. The van der Waals surface area contributed by atoms with Crippen LogP contribution in [0, 0.1) is 5.92 Å². The van der Waals surface area contributed by atoms with E-state index in [1.165, 1.54) is 0 Å². The Labute approximate surface area is 70.1 Å². The first-order chi connectivity index (χ1) is 5.59. The molecule has 1 aliphatic heterocycles. The van der Waals surface area contributed by atoms with Crippen molar-refractivity contribution in [1.82, 2.24) is 4.90 Å². The quantitative estimate of drug-likeness (QED) is 0.564. The summed E-state index contributed by atoms with van der Waals surface area (Å²) in [6, 6.07) is 0. The van der Waals surface area contributed by atoms with Gasteiger partial charge in [0.2, 0.25) is 5.91 Å². The van der Waals surface area contributed by atoms with E-state index in [0.29, 0.717) is 19.5 Å². The molecule has 0 aliphatic carbocycles. The van der Waals surface area contributed by atoms with Crippen LogP contribution in [-0.2, 0) is 9.59 Å². The number of carboxylic acid groups (broad SMARTS) is 1. The number of nitrogens with two attached hydrogens (primary N) is 1. The van der Waals surface area contributed by atoms with Crippen molar-refractivity contribution in [2.24, 2.45) is 11.7 Å². The molecule has 12 heavy (non-hydrogen) atoms. The first-order valence-electron chi connectivity index (χ1n) is 3.83. The second kappa shape index (κ2) is 3.53. The maximum atomic E-state index is 10.5. The highest BCUT2D eigenvalue weighted by atomic mass is 16.4. The van der Waals surface area contributed by atoms with Crippen LogP contribution in [0.4, 0.5) is 0 Å². The second-order valence-electron chi connectivity index (χ2n) is 3.03. The summed E-state index contributed by atoms with van der Waals surface area (Å²) in [5.74, 6) is -1.52. The number of carbonyl (C=O) groups excluding carboxylic acids is 1. The third kappa shape index (κ3) is 2.20. The molecule has 0 aromatic carbocycles. The Morgan fingerprint density at radius 1 is 1.58 bits per heavy atom. The normalized spacial score (nSPS) is 24.2. The van der Waals surface area contributed by atoms with E-state index in [0.717, 1.165) is 0 Å². The molecule has 1 atom stereocenters. The molecule has 68 valence electrons. The fraction of sp³-hybridized carbons (Fsp3) is 0.714. The van der Waals surface area contributed by atoms with E-state index in [2.05, 4.69) is 0 Å². The zero-order valence-electron chi connectivity index (χ0n) is 6.69. The largest absolute Gasteiger partial charge is 0.481 e. The number of amides is 1. The van der Waals surface area contributed by atoms with Gasteiger partial charge in [-0.1, -0.05) is 0 Å². The Balaban J connectivity index is 2.35. The van der Waals surface area contributed by atoms with Crippen molar-refractivity contribution in [3.63, 3.8) is 0 Å². The first kappa shape index (κ1) is 8.99. The average molecular weight is 172 g/mol. The van der Waals surface area contributed by atoms with Gasteiger partial charge in [-0.2, -0.15) is 0 Å². The summed E-state index contributed by atoms with van der Waals surface area (Å²) in [5.41, 5.74) is 4.97. The molecule has 1 fully saturated rings.